The molecule has 3 aromatic rings. The van der Waals surface area contributed by atoms with Crippen LogP contribution in [0.15, 0.2) is 36.5 Å². The smallest absolute Gasteiger partial charge is 0.255 e. The van der Waals surface area contributed by atoms with Crippen LogP contribution in [0.2, 0.25) is 0 Å². The lowest BCUT2D eigenvalue weighted by Gasteiger charge is -2.17. The molecule has 142 valence electrons. The molecule has 0 spiro atoms. The van der Waals surface area contributed by atoms with Gasteiger partial charge in [-0.15, -0.1) is 0 Å². The van der Waals surface area contributed by atoms with Crippen molar-refractivity contribution in [3.63, 3.8) is 0 Å². The second kappa shape index (κ2) is 8.44. The summed E-state index contributed by atoms with van der Waals surface area (Å²) in [5.41, 5.74) is 1.95. The number of amides is 1. The zero-order valence-corrected chi connectivity index (χ0v) is 15.7. The SMILES string of the molecule is CCOc1cc(C(=O)Nc2ccc3cn[nH]c3c2)cc(OCC)c1OCC. The summed E-state index contributed by atoms with van der Waals surface area (Å²) in [6, 6.07) is 8.89. The predicted molar refractivity (Wildman–Crippen MR) is 104 cm³/mol. The van der Waals surface area contributed by atoms with E-state index in [1.165, 1.54) is 0 Å². The van der Waals surface area contributed by atoms with Gasteiger partial charge < -0.3 is 19.5 Å². The van der Waals surface area contributed by atoms with Gasteiger partial charge in [0, 0.05) is 16.6 Å². The number of nitrogens with one attached hydrogen (secondary N) is 2. The van der Waals surface area contributed by atoms with Crippen molar-refractivity contribution in [2.45, 2.75) is 20.8 Å². The van der Waals surface area contributed by atoms with Gasteiger partial charge in [-0.05, 0) is 51.1 Å². The number of aromatic amines is 1. The molecule has 0 saturated carbocycles. The molecule has 2 aromatic carbocycles. The van der Waals surface area contributed by atoms with Gasteiger partial charge in [0.05, 0.1) is 31.5 Å². The molecular weight excluding hydrogens is 346 g/mol. The van der Waals surface area contributed by atoms with Gasteiger partial charge in [0.1, 0.15) is 0 Å². The molecule has 0 aliphatic rings. The summed E-state index contributed by atoms with van der Waals surface area (Å²) >= 11 is 0. The van der Waals surface area contributed by atoms with E-state index in [2.05, 4.69) is 15.5 Å². The number of fused-ring (bicyclic) bond motifs is 1. The summed E-state index contributed by atoms with van der Waals surface area (Å²) in [4.78, 5) is 12.8. The average Bonchev–Trinajstić information content (AvgIpc) is 3.12. The number of carbonyl (C=O) groups is 1. The summed E-state index contributed by atoms with van der Waals surface area (Å²) in [6.07, 6.45) is 1.73. The van der Waals surface area contributed by atoms with Crippen LogP contribution in [0.4, 0.5) is 5.69 Å². The van der Waals surface area contributed by atoms with E-state index in [9.17, 15) is 4.79 Å². The van der Waals surface area contributed by atoms with E-state index in [0.717, 1.165) is 10.9 Å². The quantitative estimate of drug-likeness (QED) is 0.627. The topological polar surface area (TPSA) is 85.5 Å². The van der Waals surface area contributed by atoms with E-state index < -0.39 is 0 Å². The summed E-state index contributed by atoms with van der Waals surface area (Å²) in [6.45, 7) is 7.01. The molecule has 1 aromatic heterocycles. The van der Waals surface area contributed by atoms with Crippen molar-refractivity contribution >= 4 is 22.5 Å². The molecule has 0 unspecified atom stereocenters. The number of hydrogen-bond acceptors (Lipinski definition) is 5. The molecule has 0 bridgehead atoms. The van der Waals surface area contributed by atoms with E-state index in [4.69, 9.17) is 14.2 Å². The number of anilines is 1. The molecule has 27 heavy (non-hydrogen) atoms. The number of aromatic nitrogens is 2. The number of ether oxygens (including phenoxy) is 3. The number of hydrogen-bond donors (Lipinski definition) is 2. The zero-order valence-electron chi connectivity index (χ0n) is 15.7. The van der Waals surface area contributed by atoms with E-state index in [1.807, 2.05) is 39.0 Å². The van der Waals surface area contributed by atoms with Crippen molar-refractivity contribution in [3.05, 3.63) is 42.1 Å². The number of carbonyl (C=O) groups excluding carboxylic acids is 1. The summed E-state index contributed by atoms with van der Waals surface area (Å²) in [5, 5.41) is 10.7. The summed E-state index contributed by atoms with van der Waals surface area (Å²) in [5.74, 6) is 1.22. The monoisotopic (exact) mass is 369 g/mol. The van der Waals surface area contributed by atoms with Crippen molar-refractivity contribution in [1.82, 2.24) is 10.2 Å². The molecule has 2 N–H and O–H groups in total. The molecule has 1 amide bonds. The lowest BCUT2D eigenvalue weighted by Crippen LogP contribution is -2.13. The Kier molecular flexibility index (Phi) is 5.80. The van der Waals surface area contributed by atoms with E-state index in [0.29, 0.717) is 48.3 Å². The third-order valence-corrected chi connectivity index (χ3v) is 3.87. The molecule has 0 aliphatic heterocycles. The van der Waals surface area contributed by atoms with E-state index >= 15 is 0 Å². The molecule has 7 heteroatoms. The minimum atomic E-state index is -0.265. The zero-order chi connectivity index (χ0) is 19.2. The number of rotatable bonds is 8. The van der Waals surface area contributed by atoms with Crippen LogP contribution in [0, 0.1) is 0 Å². The first-order valence-corrected chi connectivity index (χ1v) is 8.97. The van der Waals surface area contributed by atoms with Gasteiger partial charge in [-0.3, -0.25) is 9.89 Å². The van der Waals surface area contributed by atoms with Gasteiger partial charge >= 0.3 is 0 Å². The minimum absolute atomic E-state index is 0.265. The Morgan fingerprint density at radius 3 is 2.30 bits per heavy atom. The standard InChI is InChI=1S/C20H23N3O4/c1-4-25-17-9-14(10-18(26-5-2)19(17)27-6-3)20(24)22-15-8-7-13-12-21-23-16(13)11-15/h7-12H,4-6H2,1-3H3,(H,21,23)(H,22,24). The van der Waals surface area contributed by atoms with Crippen LogP contribution in [0.25, 0.3) is 10.9 Å². The van der Waals surface area contributed by atoms with Gasteiger partial charge in [-0.1, -0.05) is 0 Å². The van der Waals surface area contributed by atoms with Crippen molar-refractivity contribution in [2.75, 3.05) is 25.1 Å². The first-order valence-electron chi connectivity index (χ1n) is 8.97. The Bertz CT molecular complexity index is 909. The van der Waals surface area contributed by atoms with Crippen LogP contribution < -0.4 is 19.5 Å². The van der Waals surface area contributed by atoms with Crippen molar-refractivity contribution < 1.29 is 19.0 Å². The number of benzene rings is 2. The molecule has 0 aliphatic carbocycles. The van der Waals surface area contributed by atoms with Gasteiger partial charge in [-0.2, -0.15) is 5.10 Å². The van der Waals surface area contributed by atoms with Crippen LogP contribution in [-0.4, -0.2) is 35.9 Å². The van der Waals surface area contributed by atoms with Crippen LogP contribution in [-0.2, 0) is 0 Å². The van der Waals surface area contributed by atoms with Gasteiger partial charge in [0.15, 0.2) is 11.5 Å². The first-order chi connectivity index (χ1) is 13.2. The molecule has 0 saturated heterocycles. The first kappa shape index (κ1) is 18.6. The average molecular weight is 369 g/mol. The molecule has 0 atom stereocenters. The van der Waals surface area contributed by atoms with Crippen LogP contribution in [0.3, 0.4) is 0 Å². The molecule has 1 heterocycles. The van der Waals surface area contributed by atoms with Crippen molar-refractivity contribution in [2.24, 2.45) is 0 Å². The Labute approximate surface area is 157 Å². The highest BCUT2D eigenvalue weighted by atomic mass is 16.5. The molecule has 0 fully saturated rings. The predicted octanol–water partition coefficient (Wildman–Crippen LogP) is 4.01. The Hall–Kier alpha value is -3.22. The number of nitrogens with zero attached hydrogens (tertiary/aromatic N) is 1. The Morgan fingerprint density at radius 1 is 1.00 bits per heavy atom. The summed E-state index contributed by atoms with van der Waals surface area (Å²) in [7, 11) is 0. The van der Waals surface area contributed by atoms with Gasteiger partial charge in [-0.25, -0.2) is 0 Å². The lowest BCUT2D eigenvalue weighted by molar-refractivity contribution is 0.102. The Balaban J connectivity index is 1.92. The highest BCUT2D eigenvalue weighted by Gasteiger charge is 2.18. The second-order valence-corrected chi connectivity index (χ2v) is 5.73. The van der Waals surface area contributed by atoms with E-state index in [-0.39, 0.29) is 5.91 Å². The fourth-order valence-electron chi connectivity index (χ4n) is 2.74. The van der Waals surface area contributed by atoms with Gasteiger partial charge in [0.2, 0.25) is 5.75 Å². The molecular formula is C20H23N3O4. The highest BCUT2D eigenvalue weighted by molar-refractivity contribution is 6.05. The molecule has 3 rings (SSSR count). The maximum atomic E-state index is 12.8. The third kappa shape index (κ3) is 4.13. The normalized spacial score (nSPS) is 10.6. The van der Waals surface area contributed by atoms with Crippen molar-refractivity contribution in [1.29, 1.82) is 0 Å². The minimum Gasteiger partial charge on any atom is -0.490 e. The summed E-state index contributed by atoms with van der Waals surface area (Å²) < 4.78 is 17.0. The van der Waals surface area contributed by atoms with E-state index in [1.54, 1.807) is 18.3 Å². The van der Waals surface area contributed by atoms with Crippen LogP contribution in [0.5, 0.6) is 17.2 Å². The van der Waals surface area contributed by atoms with Gasteiger partial charge in [0.25, 0.3) is 5.91 Å². The Morgan fingerprint density at radius 2 is 1.67 bits per heavy atom. The second-order valence-electron chi connectivity index (χ2n) is 5.73. The molecule has 7 nitrogen and oxygen atoms in total. The maximum Gasteiger partial charge on any atom is 0.255 e. The highest BCUT2D eigenvalue weighted by Crippen LogP contribution is 2.39. The molecule has 0 radical (unpaired) electrons. The largest absolute Gasteiger partial charge is 0.490 e. The fraction of sp³-hybridized carbons (Fsp3) is 0.300. The van der Waals surface area contributed by atoms with Crippen LogP contribution in [0.1, 0.15) is 31.1 Å². The fourth-order valence-corrected chi connectivity index (χ4v) is 2.74. The number of H-pyrrole nitrogens is 1. The lowest BCUT2D eigenvalue weighted by atomic mass is 10.1. The van der Waals surface area contributed by atoms with Crippen LogP contribution >= 0.6 is 0 Å². The van der Waals surface area contributed by atoms with Crippen molar-refractivity contribution in [3.8, 4) is 17.2 Å². The maximum absolute atomic E-state index is 12.8. The third-order valence-electron chi connectivity index (χ3n) is 3.87.